The third-order valence-corrected chi connectivity index (χ3v) is 4.02. The van der Waals surface area contributed by atoms with Crippen molar-refractivity contribution in [2.45, 2.75) is 13.3 Å². The van der Waals surface area contributed by atoms with Crippen molar-refractivity contribution in [3.8, 4) is 5.75 Å². The molecule has 0 fully saturated rings. The maximum absolute atomic E-state index is 12.1. The fourth-order valence-corrected chi connectivity index (χ4v) is 2.75. The van der Waals surface area contributed by atoms with Crippen LogP contribution in [0.1, 0.15) is 22.8 Å². The fraction of sp³-hybridized carbons (Fsp3) is 0.278. The molecule has 7 heteroatoms. The molecule has 25 heavy (non-hydrogen) atoms. The zero-order valence-corrected chi connectivity index (χ0v) is 15.1. The highest BCUT2D eigenvalue weighted by molar-refractivity contribution is 7.92. The number of sulfonamides is 1. The van der Waals surface area contributed by atoms with Crippen LogP contribution in [0, 0.1) is 0 Å². The highest BCUT2D eigenvalue weighted by Crippen LogP contribution is 2.13. The van der Waals surface area contributed by atoms with Crippen LogP contribution in [0.3, 0.4) is 0 Å². The number of anilines is 1. The lowest BCUT2D eigenvalue weighted by atomic mass is 10.2. The molecule has 0 saturated heterocycles. The van der Waals surface area contributed by atoms with Crippen molar-refractivity contribution in [2.24, 2.45) is 0 Å². The lowest BCUT2D eigenvalue weighted by molar-refractivity contribution is 0.0947. The molecule has 0 aliphatic rings. The van der Waals surface area contributed by atoms with E-state index >= 15 is 0 Å². The Balaban J connectivity index is 1.82. The lowest BCUT2D eigenvalue weighted by Gasteiger charge is -2.09. The monoisotopic (exact) mass is 362 g/mol. The summed E-state index contributed by atoms with van der Waals surface area (Å²) in [5, 5.41) is 2.74. The molecule has 0 saturated carbocycles. The molecule has 0 aliphatic heterocycles. The third kappa shape index (κ3) is 6.46. The summed E-state index contributed by atoms with van der Waals surface area (Å²) >= 11 is 0. The topological polar surface area (TPSA) is 84.5 Å². The van der Waals surface area contributed by atoms with Gasteiger partial charge in [0.25, 0.3) is 5.91 Å². The molecule has 0 spiro atoms. The molecule has 0 unspecified atom stereocenters. The van der Waals surface area contributed by atoms with Gasteiger partial charge in [0, 0.05) is 11.3 Å². The summed E-state index contributed by atoms with van der Waals surface area (Å²) in [4.78, 5) is 12.1. The van der Waals surface area contributed by atoms with Crippen molar-refractivity contribution in [3.63, 3.8) is 0 Å². The molecule has 0 aromatic heterocycles. The van der Waals surface area contributed by atoms with Gasteiger partial charge in [0.1, 0.15) is 12.4 Å². The first-order valence-corrected chi connectivity index (χ1v) is 9.84. The Morgan fingerprint density at radius 2 is 1.84 bits per heavy atom. The fourth-order valence-electron chi connectivity index (χ4n) is 2.19. The molecular formula is C18H22N2O4S. The average Bonchev–Trinajstić information content (AvgIpc) is 2.58. The van der Waals surface area contributed by atoms with Gasteiger partial charge >= 0.3 is 0 Å². The van der Waals surface area contributed by atoms with Gasteiger partial charge < -0.3 is 10.1 Å². The molecule has 134 valence electrons. The average molecular weight is 362 g/mol. The minimum atomic E-state index is -3.38. The molecule has 0 aliphatic carbocycles. The van der Waals surface area contributed by atoms with Gasteiger partial charge in [-0.25, -0.2) is 8.42 Å². The summed E-state index contributed by atoms with van der Waals surface area (Å²) in [5.74, 6) is 0.466. The summed E-state index contributed by atoms with van der Waals surface area (Å²) in [6.45, 7) is 2.78. The molecule has 0 atom stereocenters. The molecular weight excluding hydrogens is 340 g/mol. The predicted molar refractivity (Wildman–Crippen MR) is 98.6 cm³/mol. The molecule has 2 N–H and O–H groups in total. The van der Waals surface area contributed by atoms with Gasteiger partial charge in [-0.2, -0.15) is 0 Å². The standard InChI is InChI=1S/C18H22N2O4S/c1-3-14-7-9-17(10-8-14)24-12-11-19-18(21)15-5-4-6-16(13-15)20-25(2,22)23/h4-10,13,20H,3,11-12H2,1-2H3,(H,19,21). The van der Waals surface area contributed by atoms with Crippen LogP contribution in [0.15, 0.2) is 48.5 Å². The largest absolute Gasteiger partial charge is 0.492 e. The van der Waals surface area contributed by atoms with E-state index in [1.807, 2.05) is 24.3 Å². The normalized spacial score (nSPS) is 11.0. The second-order valence-corrected chi connectivity index (χ2v) is 7.31. The Bertz CT molecular complexity index is 817. The van der Waals surface area contributed by atoms with E-state index in [1.54, 1.807) is 18.2 Å². The van der Waals surface area contributed by atoms with Gasteiger partial charge in [-0.1, -0.05) is 25.1 Å². The second kappa shape index (κ2) is 8.53. The van der Waals surface area contributed by atoms with Crippen molar-refractivity contribution in [1.82, 2.24) is 5.32 Å². The third-order valence-electron chi connectivity index (χ3n) is 3.42. The maximum Gasteiger partial charge on any atom is 0.251 e. The van der Waals surface area contributed by atoms with Crippen molar-refractivity contribution < 1.29 is 17.9 Å². The Kier molecular flexibility index (Phi) is 6.41. The van der Waals surface area contributed by atoms with Crippen LogP contribution in [-0.2, 0) is 16.4 Å². The number of carbonyl (C=O) groups excluding carboxylic acids is 1. The second-order valence-electron chi connectivity index (χ2n) is 5.56. The Labute approximate surface area is 148 Å². The molecule has 2 aromatic carbocycles. The quantitative estimate of drug-likeness (QED) is 0.707. The molecule has 0 heterocycles. The highest BCUT2D eigenvalue weighted by atomic mass is 32.2. The summed E-state index contributed by atoms with van der Waals surface area (Å²) in [6, 6.07) is 14.1. The molecule has 2 aromatic rings. The smallest absolute Gasteiger partial charge is 0.251 e. The minimum Gasteiger partial charge on any atom is -0.492 e. The Hall–Kier alpha value is -2.54. The van der Waals surface area contributed by atoms with Crippen LogP contribution in [0.25, 0.3) is 0 Å². The maximum atomic E-state index is 12.1. The van der Waals surface area contributed by atoms with Gasteiger partial charge in [-0.15, -0.1) is 0 Å². The van der Waals surface area contributed by atoms with Crippen LogP contribution < -0.4 is 14.8 Å². The SMILES string of the molecule is CCc1ccc(OCCNC(=O)c2cccc(NS(C)(=O)=O)c2)cc1. The van der Waals surface area contributed by atoms with E-state index in [-0.39, 0.29) is 5.91 Å². The number of rotatable bonds is 8. The van der Waals surface area contributed by atoms with Gasteiger partial charge in [0.05, 0.1) is 12.8 Å². The number of ether oxygens (including phenoxy) is 1. The predicted octanol–water partition coefficient (Wildman–Crippen LogP) is 2.43. The number of nitrogens with one attached hydrogen (secondary N) is 2. The van der Waals surface area contributed by atoms with Gasteiger partial charge in [-0.05, 0) is 42.3 Å². The van der Waals surface area contributed by atoms with Crippen molar-refractivity contribution in [1.29, 1.82) is 0 Å². The first-order valence-electron chi connectivity index (χ1n) is 7.95. The zero-order chi connectivity index (χ0) is 18.3. The van der Waals surface area contributed by atoms with E-state index in [1.165, 1.54) is 11.6 Å². The summed E-state index contributed by atoms with van der Waals surface area (Å²) in [5.41, 5.74) is 1.96. The van der Waals surface area contributed by atoms with Crippen molar-refractivity contribution in [3.05, 3.63) is 59.7 Å². The Morgan fingerprint density at radius 3 is 2.48 bits per heavy atom. The van der Waals surface area contributed by atoms with Gasteiger partial charge in [0.15, 0.2) is 0 Å². The number of aryl methyl sites for hydroxylation is 1. The van der Waals surface area contributed by atoms with Gasteiger partial charge in [0.2, 0.25) is 10.0 Å². The van der Waals surface area contributed by atoms with E-state index in [2.05, 4.69) is 17.0 Å². The summed E-state index contributed by atoms with van der Waals surface area (Å²) in [7, 11) is -3.38. The molecule has 2 rings (SSSR count). The van der Waals surface area contributed by atoms with Crippen molar-refractivity contribution >= 4 is 21.6 Å². The zero-order valence-electron chi connectivity index (χ0n) is 14.3. The molecule has 0 bridgehead atoms. The highest BCUT2D eigenvalue weighted by Gasteiger charge is 2.08. The van der Waals surface area contributed by atoms with E-state index in [0.29, 0.717) is 24.4 Å². The van der Waals surface area contributed by atoms with Crippen LogP contribution in [-0.4, -0.2) is 33.7 Å². The summed E-state index contributed by atoms with van der Waals surface area (Å²) < 4.78 is 30.4. The van der Waals surface area contributed by atoms with Crippen LogP contribution in [0.5, 0.6) is 5.75 Å². The first-order chi connectivity index (χ1) is 11.9. The molecule has 1 amide bonds. The minimum absolute atomic E-state index is 0.290. The van der Waals surface area contributed by atoms with Crippen LogP contribution >= 0.6 is 0 Å². The first kappa shape index (κ1) is 18.8. The molecule has 0 radical (unpaired) electrons. The Morgan fingerprint density at radius 1 is 1.12 bits per heavy atom. The number of benzene rings is 2. The van der Waals surface area contributed by atoms with Crippen molar-refractivity contribution in [2.75, 3.05) is 24.1 Å². The van der Waals surface area contributed by atoms with E-state index in [0.717, 1.165) is 18.4 Å². The van der Waals surface area contributed by atoms with E-state index < -0.39 is 10.0 Å². The van der Waals surface area contributed by atoms with E-state index in [9.17, 15) is 13.2 Å². The van der Waals surface area contributed by atoms with Crippen LogP contribution in [0.4, 0.5) is 5.69 Å². The van der Waals surface area contributed by atoms with E-state index in [4.69, 9.17) is 4.74 Å². The lowest BCUT2D eigenvalue weighted by Crippen LogP contribution is -2.28. The van der Waals surface area contributed by atoms with Gasteiger partial charge in [-0.3, -0.25) is 9.52 Å². The number of hydrogen-bond donors (Lipinski definition) is 2. The number of carbonyl (C=O) groups is 1. The number of amides is 1. The number of hydrogen-bond acceptors (Lipinski definition) is 4. The summed E-state index contributed by atoms with van der Waals surface area (Å²) in [6.07, 6.45) is 2.04. The molecule has 6 nitrogen and oxygen atoms in total. The van der Waals surface area contributed by atoms with Crippen LogP contribution in [0.2, 0.25) is 0 Å².